The van der Waals surface area contributed by atoms with E-state index in [0.29, 0.717) is 11.3 Å². The molecule has 0 radical (unpaired) electrons. The van der Waals surface area contributed by atoms with Gasteiger partial charge in [-0.2, -0.15) is 0 Å². The van der Waals surface area contributed by atoms with Crippen LogP contribution in [0.15, 0.2) is 23.1 Å². The minimum atomic E-state index is -3.44. The summed E-state index contributed by atoms with van der Waals surface area (Å²) in [5.74, 6) is 0. The van der Waals surface area contributed by atoms with Crippen molar-refractivity contribution in [3.63, 3.8) is 0 Å². The third kappa shape index (κ3) is 2.87. The molecular weight excluding hydrogens is 236 g/mol. The van der Waals surface area contributed by atoms with E-state index in [1.165, 1.54) is 0 Å². The lowest BCUT2D eigenvalue weighted by molar-refractivity contribution is 0.168. The summed E-state index contributed by atoms with van der Waals surface area (Å²) in [6.07, 6.45) is -0.382. The first kappa shape index (κ1) is 14.2. The number of aryl methyl sites for hydroxylation is 2. The van der Waals surface area contributed by atoms with Crippen LogP contribution < -0.4 is 0 Å². The molecular formula is C13H20O3S. The van der Waals surface area contributed by atoms with Crippen molar-refractivity contribution in [3.05, 3.63) is 29.3 Å². The molecule has 0 amide bonds. The molecule has 0 aliphatic heterocycles. The maximum absolute atomic E-state index is 12.2. The molecule has 4 heteroatoms. The van der Waals surface area contributed by atoms with Gasteiger partial charge in [-0.25, -0.2) is 8.42 Å². The Morgan fingerprint density at radius 3 is 2.29 bits per heavy atom. The van der Waals surface area contributed by atoms with E-state index in [1.54, 1.807) is 32.0 Å². The number of benzene rings is 1. The average Bonchev–Trinajstić information content (AvgIpc) is 2.30. The molecule has 0 aliphatic carbocycles. The third-order valence-corrected chi connectivity index (χ3v) is 5.46. The first-order chi connectivity index (χ1) is 7.80. The minimum absolute atomic E-state index is 0.292. The summed E-state index contributed by atoms with van der Waals surface area (Å²) < 4.78 is 24.5. The monoisotopic (exact) mass is 256 g/mol. The lowest BCUT2D eigenvalue weighted by atomic mass is 10.1. The fourth-order valence-corrected chi connectivity index (χ4v) is 3.28. The van der Waals surface area contributed by atoms with Crippen molar-refractivity contribution < 1.29 is 13.5 Å². The summed E-state index contributed by atoms with van der Waals surface area (Å²) in [5.41, 5.74) is 2.01. The number of rotatable bonds is 4. The summed E-state index contributed by atoms with van der Waals surface area (Å²) in [7, 11) is -3.44. The summed E-state index contributed by atoms with van der Waals surface area (Å²) in [5, 5.41) is 8.90. The van der Waals surface area contributed by atoms with E-state index in [1.807, 2.05) is 13.8 Å². The Hall–Kier alpha value is -0.870. The fraction of sp³-hybridized carbons (Fsp3) is 0.538. The van der Waals surface area contributed by atoms with Gasteiger partial charge >= 0.3 is 0 Å². The van der Waals surface area contributed by atoms with Gasteiger partial charge in [-0.1, -0.05) is 13.0 Å². The second-order valence-corrected chi connectivity index (χ2v) is 6.78. The van der Waals surface area contributed by atoms with Crippen LogP contribution in [0.25, 0.3) is 0 Å². The molecule has 3 nitrogen and oxygen atoms in total. The van der Waals surface area contributed by atoms with Crippen molar-refractivity contribution in [1.29, 1.82) is 0 Å². The quantitative estimate of drug-likeness (QED) is 0.899. The van der Waals surface area contributed by atoms with Gasteiger partial charge in [0.1, 0.15) is 0 Å². The molecule has 17 heavy (non-hydrogen) atoms. The Labute approximate surface area is 103 Å². The predicted octanol–water partition coefficient (Wildman–Crippen LogP) is 2.24. The van der Waals surface area contributed by atoms with Crippen LogP contribution in [0.4, 0.5) is 0 Å². The Bertz CT molecular complexity index is 491. The molecule has 1 N–H and O–H groups in total. The molecule has 0 fully saturated rings. The molecule has 1 aromatic carbocycles. The molecule has 2 unspecified atom stereocenters. The summed E-state index contributed by atoms with van der Waals surface area (Å²) in [6, 6.07) is 5.08. The predicted molar refractivity (Wildman–Crippen MR) is 68.9 cm³/mol. The van der Waals surface area contributed by atoms with E-state index in [0.717, 1.165) is 11.1 Å². The maximum Gasteiger partial charge on any atom is 0.183 e. The average molecular weight is 256 g/mol. The molecule has 0 bridgehead atoms. The van der Waals surface area contributed by atoms with E-state index in [-0.39, 0.29) is 0 Å². The molecule has 0 aliphatic rings. The minimum Gasteiger partial charge on any atom is -0.392 e. The van der Waals surface area contributed by atoms with Gasteiger partial charge in [0, 0.05) is 0 Å². The zero-order valence-electron chi connectivity index (χ0n) is 10.8. The van der Waals surface area contributed by atoms with Gasteiger partial charge < -0.3 is 5.11 Å². The molecule has 2 atom stereocenters. The largest absolute Gasteiger partial charge is 0.392 e. The van der Waals surface area contributed by atoms with Crippen molar-refractivity contribution >= 4 is 9.84 Å². The Morgan fingerprint density at radius 1 is 1.24 bits per heavy atom. The number of hydrogen-bond acceptors (Lipinski definition) is 3. The lowest BCUT2D eigenvalue weighted by Gasteiger charge is -2.18. The zero-order chi connectivity index (χ0) is 13.2. The molecule has 0 spiro atoms. The highest BCUT2D eigenvalue weighted by Crippen LogP contribution is 2.21. The van der Waals surface area contributed by atoms with Gasteiger partial charge in [0.05, 0.1) is 16.2 Å². The molecule has 1 rings (SSSR count). The molecule has 0 saturated heterocycles. The van der Waals surface area contributed by atoms with Crippen LogP contribution in [-0.4, -0.2) is 24.9 Å². The van der Waals surface area contributed by atoms with Gasteiger partial charge in [0.15, 0.2) is 9.84 Å². The SMILES string of the molecule is CCC(O)C(C)S(=O)(=O)c1ccc(C)c(C)c1. The van der Waals surface area contributed by atoms with Crippen molar-refractivity contribution in [2.24, 2.45) is 0 Å². The topological polar surface area (TPSA) is 54.4 Å². The molecule has 1 aromatic rings. The molecule has 0 saturated carbocycles. The van der Waals surface area contributed by atoms with E-state index in [2.05, 4.69) is 0 Å². The number of sulfone groups is 1. The van der Waals surface area contributed by atoms with E-state index < -0.39 is 21.2 Å². The van der Waals surface area contributed by atoms with Crippen LogP contribution in [0.2, 0.25) is 0 Å². The van der Waals surface area contributed by atoms with E-state index in [9.17, 15) is 13.5 Å². The van der Waals surface area contributed by atoms with Crippen LogP contribution in [-0.2, 0) is 9.84 Å². The second-order valence-electron chi connectivity index (χ2n) is 4.47. The first-order valence-corrected chi connectivity index (χ1v) is 7.34. The van der Waals surface area contributed by atoms with Gasteiger partial charge in [0.2, 0.25) is 0 Å². The summed E-state index contributed by atoms with van der Waals surface area (Å²) in [4.78, 5) is 0.292. The number of hydrogen-bond donors (Lipinski definition) is 1. The number of aliphatic hydroxyl groups excluding tert-OH is 1. The maximum atomic E-state index is 12.2. The standard InChI is InChI=1S/C13H20O3S/c1-5-13(14)11(4)17(15,16)12-7-6-9(2)10(3)8-12/h6-8,11,13-14H,5H2,1-4H3. The highest BCUT2D eigenvalue weighted by Gasteiger charge is 2.28. The molecule has 96 valence electrons. The van der Waals surface area contributed by atoms with E-state index >= 15 is 0 Å². The fourth-order valence-electron chi connectivity index (χ4n) is 1.64. The molecule has 0 aromatic heterocycles. The zero-order valence-corrected chi connectivity index (χ0v) is 11.6. The highest BCUT2D eigenvalue weighted by atomic mass is 32.2. The smallest absolute Gasteiger partial charge is 0.183 e. The van der Waals surface area contributed by atoms with Gasteiger partial charge in [-0.05, 0) is 50.5 Å². The van der Waals surface area contributed by atoms with Crippen LogP contribution in [0.1, 0.15) is 31.4 Å². The van der Waals surface area contributed by atoms with Crippen molar-refractivity contribution in [1.82, 2.24) is 0 Å². The first-order valence-electron chi connectivity index (χ1n) is 5.80. The summed E-state index contributed by atoms with van der Waals surface area (Å²) in [6.45, 7) is 7.15. The Morgan fingerprint density at radius 2 is 1.82 bits per heavy atom. The Kier molecular flexibility index (Phi) is 4.33. The Balaban J connectivity index is 3.17. The second kappa shape index (κ2) is 5.19. The normalized spacial score (nSPS) is 15.6. The summed E-state index contributed by atoms with van der Waals surface area (Å²) >= 11 is 0. The lowest BCUT2D eigenvalue weighted by Crippen LogP contribution is -2.31. The van der Waals surface area contributed by atoms with Gasteiger partial charge in [0.25, 0.3) is 0 Å². The van der Waals surface area contributed by atoms with Gasteiger partial charge in [-0.3, -0.25) is 0 Å². The highest BCUT2D eigenvalue weighted by molar-refractivity contribution is 7.92. The third-order valence-electron chi connectivity index (χ3n) is 3.26. The van der Waals surface area contributed by atoms with Crippen LogP contribution in [0.5, 0.6) is 0 Å². The van der Waals surface area contributed by atoms with Gasteiger partial charge in [-0.15, -0.1) is 0 Å². The van der Waals surface area contributed by atoms with Crippen molar-refractivity contribution in [2.75, 3.05) is 0 Å². The van der Waals surface area contributed by atoms with Crippen molar-refractivity contribution in [2.45, 2.75) is 50.4 Å². The molecule has 0 heterocycles. The van der Waals surface area contributed by atoms with Crippen LogP contribution >= 0.6 is 0 Å². The van der Waals surface area contributed by atoms with Crippen LogP contribution in [0, 0.1) is 13.8 Å². The van der Waals surface area contributed by atoms with Crippen LogP contribution in [0.3, 0.4) is 0 Å². The van der Waals surface area contributed by atoms with Crippen molar-refractivity contribution in [3.8, 4) is 0 Å². The van der Waals surface area contributed by atoms with E-state index in [4.69, 9.17) is 0 Å². The number of aliphatic hydroxyl groups is 1.